The first-order valence-electron chi connectivity index (χ1n) is 8.20. The molecule has 7 heteroatoms. The van der Waals surface area contributed by atoms with E-state index < -0.39 is 0 Å². The van der Waals surface area contributed by atoms with Crippen molar-refractivity contribution in [3.63, 3.8) is 0 Å². The summed E-state index contributed by atoms with van der Waals surface area (Å²) < 4.78 is 1.66. The first-order chi connectivity index (χ1) is 11.2. The average molecular weight is 350 g/mol. The van der Waals surface area contributed by atoms with Crippen LogP contribution in [-0.2, 0) is 24.2 Å². The maximum atomic E-state index is 12.1. The molecule has 1 amide bonds. The monoisotopic (exact) mass is 349 g/mol. The van der Waals surface area contributed by atoms with Crippen molar-refractivity contribution in [3.8, 4) is 0 Å². The fraction of sp³-hybridized carbons (Fsp3) is 0.471. The van der Waals surface area contributed by atoms with Gasteiger partial charge in [-0.25, -0.2) is 4.68 Å². The van der Waals surface area contributed by atoms with E-state index in [1.807, 2.05) is 19.1 Å². The van der Waals surface area contributed by atoms with Gasteiger partial charge in [0, 0.05) is 6.54 Å². The third kappa shape index (κ3) is 4.79. The molecule has 1 atom stereocenters. The Hall–Kier alpha value is -1.92. The minimum absolute atomic E-state index is 0. The van der Waals surface area contributed by atoms with Crippen molar-refractivity contribution in [2.75, 3.05) is 18.4 Å². The Labute approximate surface area is 148 Å². The molecule has 24 heavy (non-hydrogen) atoms. The van der Waals surface area contributed by atoms with Gasteiger partial charge in [-0.2, -0.15) is 10.1 Å². The largest absolute Gasteiger partial charge is 0.316 e. The van der Waals surface area contributed by atoms with E-state index in [9.17, 15) is 4.79 Å². The molecule has 1 unspecified atom stereocenters. The van der Waals surface area contributed by atoms with Gasteiger partial charge in [0.1, 0.15) is 6.33 Å². The highest BCUT2D eigenvalue weighted by Gasteiger charge is 2.15. The van der Waals surface area contributed by atoms with E-state index in [4.69, 9.17) is 0 Å². The number of rotatable bonds is 6. The van der Waals surface area contributed by atoms with E-state index in [0.717, 1.165) is 31.0 Å². The van der Waals surface area contributed by atoms with Gasteiger partial charge >= 0.3 is 0 Å². The number of carbonyl (C=O) groups excluding carboxylic acids is 1. The number of aryl methyl sites for hydroxylation is 1. The summed E-state index contributed by atoms with van der Waals surface area (Å²) in [5, 5.41) is 10.2. The van der Waals surface area contributed by atoms with Gasteiger partial charge in [0.25, 0.3) is 0 Å². The van der Waals surface area contributed by atoms with Crippen LogP contribution in [0, 0.1) is 5.92 Å². The van der Waals surface area contributed by atoms with Crippen molar-refractivity contribution in [2.24, 2.45) is 5.92 Å². The molecule has 0 bridgehead atoms. The lowest BCUT2D eigenvalue weighted by Gasteiger charge is -2.09. The highest BCUT2D eigenvalue weighted by molar-refractivity contribution is 5.90. The standard InChI is InChI=1S/C17H23N5O.ClH/c1-2-22-17(19-12-20-22)21-16(23)10-14-5-3-13(4-6-14)9-15-7-8-18-11-15;/h3-6,12,15,18H,2,7-11H2,1H3,(H,19,20,21,23);1H. The Kier molecular flexibility index (Phi) is 6.75. The Morgan fingerprint density at radius 2 is 2.08 bits per heavy atom. The van der Waals surface area contributed by atoms with Gasteiger partial charge in [-0.05, 0) is 49.9 Å². The molecule has 1 aliphatic rings. The molecule has 1 aromatic carbocycles. The lowest BCUT2D eigenvalue weighted by molar-refractivity contribution is -0.115. The van der Waals surface area contributed by atoms with Crippen LogP contribution in [0.25, 0.3) is 0 Å². The maximum Gasteiger partial charge on any atom is 0.231 e. The molecule has 0 saturated carbocycles. The van der Waals surface area contributed by atoms with Gasteiger partial charge < -0.3 is 5.32 Å². The molecule has 1 aliphatic heterocycles. The second-order valence-electron chi connectivity index (χ2n) is 6.00. The summed E-state index contributed by atoms with van der Waals surface area (Å²) in [5.41, 5.74) is 2.35. The molecule has 3 rings (SSSR count). The van der Waals surface area contributed by atoms with Crippen LogP contribution in [0.2, 0.25) is 0 Å². The van der Waals surface area contributed by atoms with Crippen LogP contribution in [0.5, 0.6) is 0 Å². The van der Waals surface area contributed by atoms with Crippen molar-refractivity contribution in [1.29, 1.82) is 0 Å². The molecule has 6 nitrogen and oxygen atoms in total. The van der Waals surface area contributed by atoms with Crippen LogP contribution < -0.4 is 10.6 Å². The average Bonchev–Trinajstić information content (AvgIpc) is 3.20. The molecule has 1 fully saturated rings. The zero-order valence-corrected chi connectivity index (χ0v) is 14.7. The molecular weight excluding hydrogens is 326 g/mol. The number of hydrogen-bond acceptors (Lipinski definition) is 4. The normalized spacial score (nSPS) is 16.6. The van der Waals surface area contributed by atoms with Crippen LogP contribution in [0.1, 0.15) is 24.5 Å². The lowest BCUT2D eigenvalue weighted by Crippen LogP contribution is -2.18. The number of carbonyl (C=O) groups is 1. The Balaban J connectivity index is 0.00000208. The fourth-order valence-corrected chi connectivity index (χ4v) is 2.96. The highest BCUT2D eigenvalue weighted by Crippen LogP contribution is 2.16. The van der Waals surface area contributed by atoms with E-state index in [-0.39, 0.29) is 18.3 Å². The fourth-order valence-electron chi connectivity index (χ4n) is 2.96. The first kappa shape index (κ1) is 18.4. The smallest absolute Gasteiger partial charge is 0.231 e. The molecule has 0 aliphatic carbocycles. The van der Waals surface area contributed by atoms with Gasteiger partial charge in [-0.15, -0.1) is 12.4 Å². The molecule has 2 aromatic rings. The van der Waals surface area contributed by atoms with E-state index in [1.165, 1.54) is 18.3 Å². The minimum Gasteiger partial charge on any atom is -0.316 e. The molecule has 2 N–H and O–H groups in total. The molecule has 1 saturated heterocycles. The van der Waals surface area contributed by atoms with Gasteiger partial charge in [0.05, 0.1) is 6.42 Å². The zero-order valence-electron chi connectivity index (χ0n) is 13.9. The van der Waals surface area contributed by atoms with Crippen molar-refractivity contribution < 1.29 is 4.79 Å². The van der Waals surface area contributed by atoms with Crippen LogP contribution in [-0.4, -0.2) is 33.8 Å². The third-order valence-corrected chi connectivity index (χ3v) is 4.24. The summed E-state index contributed by atoms with van der Waals surface area (Å²) in [4.78, 5) is 16.2. The summed E-state index contributed by atoms with van der Waals surface area (Å²) in [6.45, 7) is 4.89. The van der Waals surface area contributed by atoms with Crippen molar-refractivity contribution in [2.45, 2.75) is 32.7 Å². The van der Waals surface area contributed by atoms with Crippen LogP contribution in [0.4, 0.5) is 5.95 Å². The maximum absolute atomic E-state index is 12.1. The molecule has 0 spiro atoms. The van der Waals surface area contributed by atoms with Gasteiger partial charge in [-0.1, -0.05) is 24.3 Å². The number of halogens is 1. The summed E-state index contributed by atoms with van der Waals surface area (Å²) >= 11 is 0. The van der Waals surface area contributed by atoms with E-state index in [0.29, 0.717) is 18.9 Å². The number of amides is 1. The number of aromatic nitrogens is 3. The van der Waals surface area contributed by atoms with Gasteiger partial charge in [0.15, 0.2) is 0 Å². The van der Waals surface area contributed by atoms with Crippen molar-refractivity contribution >= 4 is 24.3 Å². The van der Waals surface area contributed by atoms with Crippen LogP contribution in [0.15, 0.2) is 30.6 Å². The number of benzene rings is 1. The Morgan fingerprint density at radius 1 is 1.33 bits per heavy atom. The Morgan fingerprint density at radius 3 is 2.75 bits per heavy atom. The SMILES string of the molecule is CCn1ncnc1NC(=O)Cc1ccc(CC2CCNC2)cc1.Cl. The molecule has 2 heterocycles. The van der Waals surface area contributed by atoms with E-state index in [2.05, 4.69) is 32.8 Å². The highest BCUT2D eigenvalue weighted by atomic mass is 35.5. The molecule has 130 valence electrons. The second kappa shape index (κ2) is 8.80. The van der Waals surface area contributed by atoms with Crippen LogP contribution >= 0.6 is 12.4 Å². The number of hydrogen-bond donors (Lipinski definition) is 2. The second-order valence-corrected chi connectivity index (χ2v) is 6.00. The number of nitrogens with zero attached hydrogens (tertiary/aromatic N) is 3. The lowest BCUT2D eigenvalue weighted by atomic mass is 9.97. The predicted octanol–water partition coefficient (Wildman–Crippen LogP) is 2.05. The topological polar surface area (TPSA) is 71.8 Å². The summed E-state index contributed by atoms with van der Waals surface area (Å²) in [7, 11) is 0. The summed E-state index contributed by atoms with van der Waals surface area (Å²) in [6, 6.07) is 8.36. The summed E-state index contributed by atoms with van der Waals surface area (Å²) in [6.07, 6.45) is 4.16. The molecule has 0 radical (unpaired) electrons. The zero-order chi connectivity index (χ0) is 16.1. The molecule has 1 aromatic heterocycles. The van der Waals surface area contributed by atoms with Crippen molar-refractivity contribution in [3.05, 3.63) is 41.7 Å². The number of nitrogens with one attached hydrogen (secondary N) is 2. The third-order valence-electron chi connectivity index (χ3n) is 4.24. The van der Waals surface area contributed by atoms with Gasteiger partial charge in [-0.3, -0.25) is 10.1 Å². The minimum atomic E-state index is -0.0690. The Bertz CT molecular complexity index is 649. The first-order valence-corrected chi connectivity index (χ1v) is 8.20. The van der Waals surface area contributed by atoms with E-state index in [1.54, 1.807) is 4.68 Å². The summed E-state index contributed by atoms with van der Waals surface area (Å²) in [5.74, 6) is 1.17. The van der Waals surface area contributed by atoms with Gasteiger partial charge in [0.2, 0.25) is 11.9 Å². The molecular formula is C17H24ClN5O. The quantitative estimate of drug-likeness (QED) is 0.837. The van der Waals surface area contributed by atoms with Crippen LogP contribution in [0.3, 0.4) is 0 Å². The number of anilines is 1. The van der Waals surface area contributed by atoms with E-state index >= 15 is 0 Å². The predicted molar refractivity (Wildman–Crippen MR) is 96.4 cm³/mol. The van der Waals surface area contributed by atoms with Crippen molar-refractivity contribution in [1.82, 2.24) is 20.1 Å².